The van der Waals surface area contributed by atoms with Crippen LogP contribution in [0.3, 0.4) is 0 Å². The number of imidazole rings is 1. The minimum Gasteiger partial charge on any atom is -0.337 e. The first kappa shape index (κ1) is 34.3. The fourth-order valence-electron chi connectivity index (χ4n) is 5.31. The maximum Gasteiger partial charge on any atom is 0.227 e. The highest BCUT2D eigenvalue weighted by atomic mass is 19.1. The van der Waals surface area contributed by atoms with Crippen LogP contribution >= 0.6 is 0 Å². The molecule has 6 aromatic rings. The Bertz CT molecular complexity index is 1970. The molecule has 242 valence electrons. The van der Waals surface area contributed by atoms with Crippen LogP contribution in [0.2, 0.25) is 0 Å². The van der Waals surface area contributed by atoms with Gasteiger partial charge in [-0.1, -0.05) is 32.4 Å². The third-order valence-electron chi connectivity index (χ3n) is 7.62. The van der Waals surface area contributed by atoms with Gasteiger partial charge in [-0.15, -0.1) is 0 Å². The Kier molecular flexibility index (Phi) is 11.7. The molecule has 47 heavy (non-hydrogen) atoms. The molecule has 1 fully saturated rings. The SMILES string of the molecule is C=O.C=O.CC.CNCc1cc(F)cc(-c2cccc3[nH]c(-c4[nH]nc5ncc(-c6cncc(NC(=O)C7CCC7)c6)cc45)nc23)c1. The average Bonchev–Trinajstić information content (AvgIpc) is 3.71. The van der Waals surface area contributed by atoms with Crippen molar-refractivity contribution in [3.63, 3.8) is 0 Å². The van der Waals surface area contributed by atoms with Crippen LogP contribution in [0.5, 0.6) is 0 Å². The first-order chi connectivity index (χ1) is 23.1. The zero-order chi connectivity index (χ0) is 33.9. The van der Waals surface area contributed by atoms with Crippen molar-refractivity contribution in [1.29, 1.82) is 0 Å². The van der Waals surface area contributed by atoms with Crippen LogP contribution in [-0.4, -0.2) is 56.7 Å². The van der Waals surface area contributed by atoms with Crippen molar-refractivity contribution in [2.45, 2.75) is 39.7 Å². The number of amides is 1. The molecule has 1 aliphatic carbocycles. The van der Waals surface area contributed by atoms with Gasteiger partial charge in [0.25, 0.3) is 0 Å². The summed E-state index contributed by atoms with van der Waals surface area (Å²) < 4.78 is 14.5. The van der Waals surface area contributed by atoms with E-state index in [1.165, 1.54) is 12.1 Å². The highest BCUT2D eigenvalue weighted by Crippen LogP contribution is 2.34. The van der Waals surface area contributed by atoms with Crippen LogP contribution in [-0.2, 0) is 20.9 Å². The van der Waals surface area contributed by atoms with Crippen molar-refractivity contribution in [2.24, 2.45) is 5.92 Å². The Hall–Kier alpha value is -5.62. The van der Waals surface area contributed by atoms with Crippen LogP contribution in [0.4, 0.5) is 10.1 Å². The predicted octanol–water partition coefficient (Wildman–Crippen LogP) is 6.48. The molecule has 4 aromatic heterocycles. The smallest absolute Gasteiger partial charge is 0.227 e. The molecule has 1 saturated carbocycles. The van der Waals surface area contributed by atoms with Crippen molar-refractivity contribution in [3.05, 3.63) is 78.5 Å². The molecule has 0 unspecified atom stereocenters. The number of nitrogens with one attached hydrogen (secondary N) is 4. The van der Waals surface area contributed by atoms with Gasteiger partial charge in [0.05, 0.1) is 28.3 Å². The van der Waals surface area contributed by atoms with Gasteiger partial charge >= 0.3 is 0 Å². The zero-order valence-electron chi connectivity index (χ0n) is 26.6. The monoisotopic (exact) mass is 636 g/mol. The lowest BCUT2D eigenvalue weighted by atomic mass is 9.85. The summed E-state index contributed by atoms with van der Waals surface area (Å²) in [6.07, 6.45) is 8.12. The maximum atomic E-state index is 14.5. The number of benzene rings is 2. The fraction of sp³-hybridized carbons (Fsp3) is 0.229. The summed E-state index contributed by atoms with van der Waals surface area (Å²) in [5, 5.41) is 14.3. The number of aromatic nitrogens is 6. The molecule has 4 N–H and O–H groups in total. The summed E-state index contributed by atoms with van der Waals surface area (Å²) in [6.45, 7) is 8.56. The van der Waals surface area contributed by atoms with Crippen molar-refractivity contribution in [3.8, 4) is 33.8 Å². The summed E-state index contributed by atoms with van der Waals surface area (Å²) in [5.74, 6) is 0.438. The second-order valence-electron chi connectivity index (χ2n) is 10.4. The standard InChI is InChI=1S/C31H27FN8O.C2H6.2CH2O/c1-33-13-17-8-19(10-22(32)9-17)24-6-3-7-26-27(24)38-30(37-26)28-25-12-21(15-35-29(25)40-39-28)20-11-23(16-34-14-20)36-31(41)18-4-2-5-18;3*1-2/h3,6-12,14-16,18,33H,2,4-5,13H2,1H3,(H,36,41)(H,37,38)(H,35,39,40);1-2H3;2*1H2. The van der Waals surface area contributed by atoms with Gasteiger partial charge < -0.3 is 25.2 Å². The molecule has 2 aromatic carbocycles. The third kappa shape index (κ3) is 7.45. The van der Waals surface area contributed by atoms with Crippen molar-refractivity contribution >= 4 is 47.2 Å². The molecule has 0 aliphatic heterocycles. The minimum atomic E-state index is -0.292. The molecular weight excluding hydrogens is 599 g/mol. The van der Waals surface area contributed by atoms with E-state index in [0.29, 0.717) is 29.4 Å². The van der Waals surface area contributed by atoms with Gasteiger partial charge in [-0.05, 0) is 67.4 Å². The summed E-state index contributed by atoms with van der Waals surface area (Å²) in [7, 11) is 1.83. The Morgan fingerprint density at radius 3 is 2.47 bits per heavy atom. The van der Waals surface area contributed by atoms with E-state index in [9.17, 15) is 9.18 Å². The summed E-state index contributed by atoms with van der Waals surface area (Å²) >= 11 is 0. The molecule has 4 heterocycles. The number of anilines is 1. The second kappa shape index (κ2) is 16.1. The number of rotatable bonds is 7. The summed E-state index contributed by atoms with van der Waals surface area (Å²) in [5.41, 5.74) is 7.56. The lowest BCUT2D eigenvalue weighted by Crippen LogP contribution is -2.28. The van der Waals surface area contributed by atoms with Crippen molar-refractivity contribution in [2.75, 3.05) is 12.4 Å². The molecular formula is C35H37FN8O3. The Balaban J connectivity index is 0.000000790. The molecule has 12 heteroatoms. The molecule has 7 rings (SSSR count). The molecule has 0 radical (unpaired) electrons. The van der Waals surface area contributed by atoms with E-state index in [1.807, 2.05) is 70.9 Å². The maximum absolute atomic E-state index is 14.5. The lowest BCUT2D eigenvalue weighted by Gasteiger charge is -2.24. The predicted molar refractivity (Wildman–Crippen MR) is 182 cm³/mol. The van der Waals surface area contributed by atoms with Gasteiger partial charge in [-0.2, -0.15) is 5.10 Å². The van der Waals surface area contributed by atoms with E-state index in [2.05, 4.69) is 35.8 Å². The Morgan fingerprint density at radius 1 is 0.979 bits per heavy atom. The number of pyridine rings is 2. The molecule has 0 bridgehead atoms. The lowest BCUT2D eigenvalue weighted by molar-refractivity contribution is -0.122. The number of carbonyl (C=O) groups excluding carboxylic acids is 3. The van der Waals surface area contributed by atoms with Gasteiger partial charge in [-0.3, -0.25) is 14.9 Å². The zero-order valence-corrected chi connectivity index (χ0v) is 26.6. The van der Waals surface area contributed by atoms with Gasteiger partial charge in [0.15, 0.2) is 11.5 Å². The highest BCUT2D eigenvalue weighted by molar-refractivity contribution is 5.98. The number of nitrogens with zero attached hydrogens (tertiary/aromatic N) is 4. The van der Waals surface area contributed by atoms with Crippen molar-refractivity contribution in [1.82, 2.24) is 35.5 Å². The number of carbonyl (C=O) groups is 3. The molecule has 0 saturated heterocycles. The quantitative estimate of drug-likeness (QED) is 0.155. The molecule has 0 spiro atoms. The number of halogens is 1. The molecule has 0 atom stereocenters. The van der Waals surface area contributed by atoms with Gasteiger partial charge in [-0.25, -0.2) is 14.4 Å². The number of hydrogen-bond donors (Lipinski definition) is 4. The van der Waals surface area contributed by atoms with Gasteiger partial charge in [0.2, 0.25) is 5.91 Å². The highest BCUT2D eigenvalue weighted by Gasteiger charge is 2.25. The topological polar surface area (TPSA) is 158 Å². The molecule has 1 amide bonds. The van der Waals surface area contributed by atoms with Crippen LogP contribution in [0.15, 0.2) is 67.1 Å². The van der Waals surface area contributed by atoms with E-state index in [0.717, 1.165) is 63.5 Å². The van der Waals surface area contributed by atoms with Gasteiger partial charge in [0, 0.05) is 41.5 Å². The first-order valence-corrected chi connectivity index (χ1v) is 15.2. The average molecular weight is 637 g/mol. The molecule has 11 nitrogen and oxygen atoms in total. The molecule has 1 aliphatic rings. The normalized spacial score (nSPS) is 12.1. The van der Waals surface area contributed by atoms with Crippen LogP contribution in [0.25, 0.3) is 55.8 Å². The third-order valence-corrected chi connectivity index (χ3v) is 7.62. The first-order valence-electron chi connectivity index (χ1n) is 15.2. The van der Waals surface area contributed by atoms with E-state index in [4.69, 9.17) is 14.6 Å². The number of hydrogen-bond acceptors (Lipinski definition) is 8. The number of aromatic amines is 2. The van der Waals surface area contributed by atoms with Gasteiger partial charge in [0.1, 0.15) is 25.1 Å². The largest absolute Gasteiger partial charge is 0.337 e. The Morgan fingerprint density at radius 2 is 1.74 bits per heavy atom. The summed E-state index contributed by atoms with van der Waals surface area (Å²) in [6, 6.07) is 14.7. The second-order valence-corrected chi connectivity index (χ2v) is 10.4. The van der Waals surface area contributed by atoms with E-state index >= 15 is 0 Å². The number of fused-ring (bicyclic) bond motifs is 2. The fourth-order valence-corrected chi connectivity index (χ4v) is 5.31. The van der Waals surface area contributed by atoms with E-state index < -0.39 is 0 Å². The Labute approximate surface area is 271 Å². The van der Waals surface area contributed by atoms with Crippen LogP contribution < -0.4 is 10.6 Å². The van der Waals surface area contributed by atoms with E-state index in [-0.39, 0.29) is 17.6 Å². The van der Waals surface area contributed by atoms with Crippen molar-refractivity contribution < 1.29 is 18.8 Å². The van der Waals surface area contributed by atoms with Crippen LogP contribution in [0, 0.1) is 11.7 Å². The van der Waals surface area contributed by atoms with E-state index in [1.54, 1.807) is 18.6 Å². The van der Waals surface area contributed by atoms with Crippen LogP contribution in [0.1, 0.15) is 38.7 Å². The number of para-hydroxylation sites is 1. The minimum absolute atomic E-state index is 0.0432. The number of H-pyrrole nitrogens is 2. The summed E-state index contributed by atoms with van der Waals surface area (Å²) in [4.78, 5) is 45.6.